The van der Waals surface area contributed by atoms with Crippen molar-refractivity contribution >= 4 is 0 Å². The van der Waals surface area contributed by atoms with E-state index in [4.69, 9.17) is 4.74 Å². The summed E-state index contributed by atoms with van der Waals surface area (Å²) in [5.74, 6) is 1.10. The highest BCUT2D eigenvalue weighted by Gasteiger charge is 2.30. The summed E-state index contributed by atoms with van der Waals surface area (Å²) in [6.45, 7) is 2.86. The molecule has 0 aliphatic rings. The van der Waals surface area contributed by atoms with E-state index in [2.05, 4.69) is 21.6 Å². The SMILES string of the molecule is CCCCCCOc1cnc(-c2ccc(CCc3ccc(OC(F)(F)F)cc3)cc2)nc1. The average molecular weight is 444 g/mol. The van der Waals surface area contributed by atoms with Gasteiger partial charge in [0.1, 0.15) is 5.75 Å². The van der Waals surface area contributed by atoms with Crippen LogP contribution in [0.25, 0.3) is 11.4 Å². The molecule has 3 rings (SSSR count). The van der Waals surface area contributed by atoms with Crippen molar-refractivity contribution in [2.24, 2.45) is 0 Å². The zero-order valence-electron chi connectivity index (χ0n) is 18.1. The van der Waals surface area contributed by atoms with Gasteiger partial charge in [-0.15, -0.1) is 13.2 Å². The van der Waals surface area contributed by atoms with Crippen LogP contribution in [-0.4, -0.2) is 22.9 Å². The van der Waals surface area contributed by atoms with Crippen LogP contribution in [0.1, 0.15) is 43.7 Å². The number of alkyl halides is 3. The number of halogens is 3. The summed E-state index contributed by atoms with van der Waals surface area (Å²) >= 11 is 0. The van der Waals surface area contributed by atoms with E-state index in [-0.39, 0.29) is 5.75 Å². The molecule has 7 heteroatoms. The fraction of sp³-hybridized carbons (Fsp3) is 0.360. The summed E-state index contributed by atoms with van der Waals surface area (Å²) in [7, 11) is 0. The number of hydrogen-bond donors (Lipinski definition) is 0. The lowest BCUT2D eigenvalue weighted by atomic mass is 10.0. The summed E-state index contributed by atoms with van der Waals surface area (Å²) in [5, 5.41) is 0. The third-order valence-electron chi connectivity index (χ3n) is 4.97. The van der Waals surface area contributed by atoms with Gasteiger partial charge in [0, 0.05) is 5.56 Å². The van der Waals surface area contributed by atoms with E-state index in [1.54, 1.807) is 24.5 Å². The van der Waals surface area contributed by atoms with E-state index in [0.29, 0.717) is 24.6 Å². The second-order valence-electron chi connectivity index (χ2n) is 7.54. The first kappa shape index (κ1) is 23.6. The van der Waals surface area contributed by atoms with Crippen molar-refractivity contribution in [3.8, 4) is 22.9 Å². The Hall–Kier alpha value is -3.09. The van der Waals surface area contributed by atoms with E-state index < -0.39 is 6.36 Å². The summed E-state index contributed by atoms with van der Waals surface area (Å²) in [6, 6.07) is 13.9. The Bertz CT molecular complexity index is 941. The topological polar surface area (TPSA) is 44.2 Å². The van der Waals surface area contributed by atoms with Crippen molar-refractivity contribution in [2.75, 3.05) is 6.61 Å². The molecular weight excluding hydrogens is 417 g/mol. The number of hydrogen-bond acceptors (Lipinski definition) is 4. The van der Waals surface area contributed by atoms with Crippen LogP contribution in [0.5, 0.6) is 11.5 Å². The Labute approximate surface area is 186 Å². The Balaban J connectivity index is 1.48. The molecule has 0 amide bonds. The fourth-order valence-electron chi connectivity index (χ4n) is 3.23. The second kappa shape index (κ2) is 11.5. The smallest absolute Gasteiger partial charge is 0.490 e. The first-order valence-corrected chi connectivity index (χ1v) is 10.8. The molecule has 0 radical (unpaired) electrons. The van der Waals surface area contributed by atoms with Crippen molar-refractivity contribution < 1.29 is 22.6 Å². The first-order valence-electron chi connectivity index (χ1n) is 10.8. The van der Waals surface area contributed by atoms with Crippen LogP contribution in [0, 0.1) is 0 Å². The van der Waals surface area contributed by atoms with Gasteiger partial charge in [-0.25, -0.2) is 9.97 Å². The van der Waals surface area contributed by atoms with Gasteiger partial charge in [-0.1, -0.05) is 62.6 Å². The fourth-order valence-corrected chi connectivity index (χ4v) is 3.23. The summed E-state index contributed by atoms with van der Waals surface area (Å²) in [5.41, 5.74) is 2.98. The highest BCUT2D eigenvalue weighted by Crippen LogP contribution is 2.23. The highest BCUT2D eigenvalue weighted by molar-refractivity contribution is 5.55. The number of rotatable bonds is 11. The minimum atomic E-state index is -4.67. The quantitative estimate of drug-likeness (QED) is 0.306. The molecule has 1 aromatic heterocycles. The molecule has 0 spiro atoms. The summed E-state index contributed by atoms with van der Waals surface area (Å²) in [6.07, 6.45) is 4.82. The normalized spacial score (nSPS) is 11.4. The average Bonchev–Trinajstić information content (AvgIpc) is 2.78. The predicted molar refractivity (Wildman–Crippen MR) is 118 cm³/mol. The van der Waals surface area contributed by atoms with Crippen molar-refractivity contribution in [3.05, 3.63) is 72.1 Å². The number of unbranched alkanes of at least 4 members (excludes halogenated alkanes) is 3. The Morgan fingerprint density at radius 1 is 0.750 bits per heavy atom. The van der Waals surface area contributed by atoms with Gasteiger partial charge in [0.2, 0.25) is 0 Å². The predicted octanol–water partition coefficient (Wildman–Crippen LogP) is 6.79. The van der Waals surface area contributed by atoms with E-state index in [1.165, 1.54) is 31.4 Å². The zero-order valence-corrected chi connectivity index (χ0v) is 18.1. The maximum absolute atomic E-state index is 12.2. The molecule has 2 aromatic carbocycles. The molecule has 4 nitrogen and oxygen atoms in total. The van der Waals surface area contributed by atoms with Crippen LogP contribution >= 0.6 is 0 Å². The molecule has 0 saturated heterocycles. The number of benzene rings is 2. The Kier molecular flexibility index (Phi) is 8.48. The third-order valence-corrected chi connectivity index (χ3v) is 4.97. The number of aryl methyl sites for hydroxylation is 2. The van der Waals surface area contributed by atoms with E-state index >= 15 is 0 Å². The molecule has 1 heterocycles. The molecule has 0 fully saturated rings. The van der Waals surface area contributed by atoms with Gasteiger partial charge < -0.3 is 9.47 Å². The molecule has 0 aliphatic carbocycles. The van der Waals surface area contributed by atoms with Gasteiger partial charge in [-0.3, -0.25) is 0 Å². The molecule has 0 unspecified atom stereocenters. The van der Waals surface area contributed by atoms with Crippen LogP contribution in [-0.2, 0) is 12.8 Å². The molecule has 0 N–H and O–H groups in total. The molecular formula is C25H27F3N2O2. The molecule has 0 atom stereocenters. The Morgan fingerprint density at radius 2 is 1.34 bits per heavy atom. The van der Waals surface area contributed by atoms with Crippen LogP contribution in [0.2, 0.25) is 0 Å². The lowest BCUT2D eigenvalue weighted by molar-refractivity contribution is -0.274. The van der Waals surface area contributed by atoms with Gasteiger partial charge in [0.25, 0.3) is 0 Å². The highest BCUT2D eigenvalue weighted by atomic mass is 19.4. The van der Waals surface area contributed by atoms with Gasteiger partial charge in [0.05, 0.1) is 19.0 Å². The maximum Gasteiger partial charge on any atom is 0.573 e. The number of nitrogens with zero attached hydrogens (tertiary/aromatic N) is 2. The largest absolute Gasteiger partial charge is 0.573 e. The summed E-state index contributed by atoms with van der Waals surface area (Å²) < 4.78 is 46.3. The van der Waals surface area contributed by atoms with Crippen LogP contribution < -0.4 is 9.47 Å². The van der Waals surface area contributed by atoms with Crippen molar-refractivity contribution in [1.82, 2.24) is 9.97 Å². The third kappa shape index (κ3) is 7.87. The minimum absolute atomic E-state index is 0.210. The number of aromatic nitrogens is 2. The van der Waals surface area contributed by atoms with Crippen molar-refractivity contribution in [3.63, 3.8) is 0 Å². The van der Waals surface area contributed by atoms with E-state index in [0.717, 1.165) is 29.5 Å². The van der Waals surface area contributed by atoms with Crippen molar-refractivity contribution in [2.45, 2.75) is 51.8 Å². The molecule has 170 valence electrons. The molecule has 0 saturated carbocycles. The molecule has 32 heavy (non-hydrogen) atoms. The monoisotopic (exact) mass is 444 g/mol. The van der Waals surface area contributed by atoms with Gasteiger partial charge >= 0.3 is 6.36 Å². The van der Waals surface area contributed by atoms with Crippen LogP contribution in [0.4, 0.5) is 13.2 Å². The number of ether oxygens (including phenoxy) is 2. The second-order valence-corrected chi connectivity index (χ2v) is 7.54. The van der Waals surface area contributed by atoms with Gasteiger partial charge in [0.15, 0.2) is 11.6 Å². The zero-order chi connectivity index (χ0) is 22.8. The lowest BCUT2D eigenvalue weighted by Gasteiger charge is -2.09. The first-order chi connectivity index (χ1) is 15.4. The van der Waals surface area contributed by atoms with Gasteiger partial charge in [-0.2, -0.15) is 0 Å². The molecule has 0 aliphatic heterocycles. The molecule has 3 aromatic rings. The standard InChI is InChI=1S/C25H27F3N2O2/c1-2-3-4-5-16-31-23-17-29-24(30-18-23)21-12-8-19(9-13-21)6-7-20-10-14-22(15-11-20)32-25(26,27)28/h8-15,17-18H,2-7,16H2,1H3. The van der Waals surface area contributed by atoms with Crippen LogP contribution in [0.3, 0.4) is 0 Å². The van der Waals surface area contributed by atoms with Gasteiger partial charge in [-0.05, 0) is 42.5 Å². The Morgan fingerprint density at radius 3 is 1.91 bits per heavy atom. The van der Waals surface area contributed by atoms with Crippen LogP contribution in [0.15, 0.2) is 60.9 Å². The van der Waals surface area contributed by atoms with Crippen molar-refractivity contribution in [1.29, 1.82) is 0 Å². The molecule has 0 bridgehead atoms. The minimum Gasteiger partial charge on any atom is -0.490 e. The summed E-state index contributed by atoms with van der Waals surface area (Å²) in [4.78, 5) is 8.79. The van der Waals surface area contributed by atoms with E-state index in [1.807, 2.05) is 24.3 Å². The lowest BCUT2D eigenvalue weighted by Crippen LogP contribution is -2.17. The van der Waals surface area contributed by atoms with E-state index in [9.17, 15) is 13.2 Å². The maximum atomic E-state index is 12.2.